The third kappa shape index (κ3) is 4.11. The molecular formula is C15H17ClN4O2S. The fourth-order valence-corrected chi connectivity index (χ4v) is 4.26. The molecule has 6 nitrogen and oxygen atoms in total. The molecule has 0 saturated carbocycles. The topological polar surface area (TPSA) is 84.0 Å². The molecule has 2 N–H and O–H groups in total. The molecule has 0 spiro atoms. The van der Waals surface area contributed by atoms with E-state index in [9.17, 15) is 8.42 Å². The smallest absolute Gasteiger partial charge is 0.224 e. The van der Waals surface area contributed by atoms with E-state index in [0.29, 0.717) is 23.2 Å². The Labute approximate surface area is 140 Å². The number of nitrogens with one attached hydrogen (secondary N) is 2. The quantitative estimate of drug-likeness (QED) is 0.880. The highest BCUT2D eigenvalue weighted by atomic mass is 35.5. The standard InChI is InChI=1S/C15H17ClN4O2S/c1-10-2-3-11(8-13(10)16)18-14-4-6-17-15(20-14)19-12-5-7-23(21,22)9-12/h2-4,6,8,12H,5,7,9H2,1H3,(H2,17,18,19,20). The second kappa shape index (κ2) is 6.33. The van der Waals surface area contributed by atoms with Gasteiger partial charge in [0.2, 0.25) is 5.95 Å². The first-order valence-corrected chi connectivity index (χ1v) is 9.44. The van der Waals surface area contributed by atoms with Gasteiger partial charge in [-0.2, -0.15) is 4.98 Å². The number of aromatic nitrogens is 2. The van der Waals surface area contributed by atoms with Crippen molar-refractivity contribution in [3.05, 3.63) is 41.0 Å². The predicted molar refractivity (Wildman–Crippen MR) is 92.2 cm³/mol. The van der Waals surface area contributed by atoms with Crippen molar-refractivity contribution in [1.82, 2.24) is 9.97 Å². The molecule has 122 valence electrons. The molecule has 0 aliphatic carbocycles. The molecule has 1 fully saturated rings. The molecule has 1 aliphatic heterocycles. The van der Waals surface area contributed by atoms with E-state index in [-0.39, 0.29) is 17.5 Å². The third-order valence-electron chi connectivity index (χ3n) is 3.67. The maximum absolute atomic E-state index is 11.5. The molecule has 1 aromatic heterocycles. The highest BCUT2D eigenvalue weighted by Gasteiger charge is 2.28. The second-order valence-electron chi connectivity index (χ2n) is 5.60. The summed E-state index contributed by atoms with van der Waals surface area (Å²) in [6, 6.07) is 7.28. The van der Waals surface area contributed by atoms with E-state index in [0.717, 1.165) is 11.3 Å². The highest BCUT2D eigenvalue weighted by Crippen LogP contribution is 2.23. The lowest BCUT2D eigenvalue weighted by Crippen LogP contribution is -2.22. The maximum atomic E-state index is 11.5. The number of rotatable bonds is 4. The van der Waals surface area contributed by atoms with E-state index in [4.69, 9.17) is 11.6 Å². The van der Waals surface area contributed by atoms with Crippen LogP contribution >= 0.6 is 11.6 Å². The van der Waals surface area contributed by atoms with Crippen molar-refractivity contribution < 1.29 is 8.42 Å². The van der Waals surface area contributed by atoms with Crippen LogP contribution in [0.5, 0.6) is 0 Å². The molecule has 3 rings (SSSR count). The van der Waals surface area contributed by atoms with Gasteiger partial charge in [-0.15, -0.1) is 0 Å². The number of hydrogen-bond acceptors (Lipinski definition) is 6. The van der Waals surface area contributed by atoms with Crippen LogP contribution in [0, 0.1) is 6.92 Å². The largest absolute Gasteiger partial charge is 0.350 e. The fraction of sp³-hybridized carbons (Fsp3) is 0.333. The van der Waals surface area contributed by atoms with Crippen molar-refractivity contribution in [1.29, 1.82) is 0 Å². The van der Waals surface area contributed by atoms with Crippen LogP contribution in [0.4, 0.5) is 17.5 Å². The molecule has 1 aromatic carbocycles. The van der Waals surface area contributed by atoms with Gasteiger partial charge in [-0.1, -0.05) is 17.7 Å². The maximum Gasteiger partial charge on any atom is 0.224 e. The molecule has 1 atom stereocenters. The first-order chi connectivity index (χ1) is 10.9. The summed E-state index contributed by atoms with van der Waals surface area (Å²) >= 11 is 6.11. The molecule has 23 heavy (non-hydrogen) atoms. The van der Waals surface area contributed by atoms with Gasteiger partial charge in [0.1, 0.15) is 5.82 Å². The van der Waals surface area contributed by atoms with Crippen LogP contribution in [-0.2, 0) is 9.84 Å². The number of sulfone groups is 1. The molecule has 0 amide bonds. The van der Waals surface area contributed by atoms with E-state index < -0.39 is 9.84 Å². The van der Waals surface area contributed by atoms with Crippen molar-refractivity contribution in [3.8, 4) is 0 Å². The SMILES string of the molecule is Cc1ccc(Nc2ccnc(NC3CCS(=O)(=O)C3)n2)cc1Cl. The van der Waals surface area contributed by atoms with Crippen molar-refractivity contribution in [2.24, 2.45) is 0 Å². The second-order valence-corrected chi connectivity index (χ2v) is 8.23. The van der Waals surface area contributed by atoms with Crippen LogP contribution in [0.1, 0.15) is 12.0 Å². The van der Waals surface area contributed by atoms with Gasteiger partial charge < -0.3 is 10.6 Å². The normalized spacial score (nSPS) is 19.5. The van der Waals surface area contributed by atoms with Crippen molar-refractivity contribution in [2.75, 3.05) is 22.1 Å². The first-order valence-electron chi connectivity index (χ1n) is 7.24. The zero-order chi connectivity index (χ0) is 16.4. The Kier molecular flexibility index (Phi) is 4.41. The molecular weight excluding hydrogens is 336 g/mol. The van der Waals surface area contributed by atoms with Crippen molar-refractivity contribution >= 4 is 38.9 Å². The van der Waals surface area contributed by atoms with Gasteiger partial charge in [-0.3, -0.25) is 0 Å². The third-order valence-corrected chi connectivity index (χ3v) is 5.84. The van der Waals surface area contributed by atoms with Gasteiger partial charge in [-0.25, -0.2) is 13.4 Å². The minimum atomic E-state index is -2.93. The number of anilines is 3. The first kappa shape index (κ1) is 16.0. The Balaban J connectivity index is 1.71. The summed E-state index contributed by atoms with van der Waals surface area (Å²) in [6.07, 6.45) is 2.20. The lowest BCUT2D eigenvalue weighted by Gasteiger charge is -2.12. The molecule has 2 aromatic rings. The Morgan fingerprint density at radius 2 is 2.13 bits per heavy atom. The Morgan fingerprint density at radius 1 is 1.30 bits per heavy atom. The van der Waals surface area contributed by atoms with Gasteiger partial charge in [0, 0.05) is 22.9 Å². The lowest BCUT2D eigenvalue weighted by molar-refractivity contribution is 0.602. The summed E-state index contributed by atoms with van der Waals surface area (Å²) in [4.78, 5) is 8.50. The summed E-state index contributed by atoms with van der Waals surface area (Å²) in [5.41, 5.74) is 1.83. The lowest BCUT2D eigenvalue weighted by atomic mass is 10.2. The minimum absolute atomic E-state index is 0.127. The predicted octanol–water partition coefficient (Wildman–Crippen LogP) is 2.78. The van der Waals surface area contributed by atoms with Crippen LogP contribution in [-0.4, -0.2) is 35.9 Å². The number of nitrogens with zero attached hydrogens (tertiary/aromatic N) is 2. The summed E-state index contributed by atoms with van der Waals surface area (Å²) in [5.74, 6) is 1.37. The Bertz CT molecular complexity index is 826. The molecule has 1 aliphatic rings. The van der Waals surface area contributed by atoms with Crippen molar-refractivity contribution in [3.63, 3.8) is 0 Å². The van der Waals surface area contributed by atoms with Gasteiger partial charge in [0.25, 0.3) is 0 Å². The number of aryl methyl sites for hydroxylation is 1. The van der Waals surface area contributed by atoms with E-state index in [2.05, 4.69) is 20.6 Å². The number of hydrogen-bond donors (Lipinski definition) is 2. The summed E-state index contributed by atoms with van der Waals surface area (Å²) in [7, 11) is -2.93. The van der Waals surface area contributed by atoms with E-state index >= 15 is 0 Å². The van der Waals surface area contributed by atoms with Gasteiger partial charge in [0.05, 0.1) is 11.5 Å². The van der Waals surface area contributed by atoms with E-state index in [1.54, 1.807) is 12.3 Å². The van der Waals surface area contributed by atoms with E-state index in [1.807, 2.05) is 25.1 Å². The Morgan fingerprint density at radius 3 is 2.83 bits per heavy atom. The van der Waals surface area contributed by atoms with Crippen LogP contribution in [0.15, 0.2) is 30.5 Å². The number of halogens is 1. The number of benzene rings is 1. The monoisotopic (exact) mass is 352 g/mol. The van der Waals surface area contributed by atoms with Crippen LogP contribution in [0.2, 0.25) is 5.02 Å². The minimum Gasteiger partial charge on any atom is -0.350 e. The highest BCUT2D eigenvalue weighted by molar-refractivity contribution is 7.91. The zero-order valence-corrected chi connectivity index (χ0v) is 14.2. The molecule has 0 bridgehead atoms. The van der Waals surface area contributed by atoms with Crippen LogP contribution < -0.4 is 10.6 Å². The van der Waals surface area contributed by atoms with E-state index in [1.165, 1.54) is 0 Å². The fourth-order valence-electron chi connectivity index (χ4n) is 2.41. The average molecular weight is 353 g/mol. The Hall–Kier alpha value is -1.86. The summed E-state index contributed by atoms with van der Waals surface area (Å²) in [6.45, 7) is 1.94. The molecule has 2 heterocycles. The van der Waals surface area contributed by atoms with Gasteiger partial charge in [-0.05, 0) is 37.1 Å². The van der Waals surface area contributed by atoms with Gasteiger partial charge >= 0.3 is 0 Å². The van der Waals surface area contributed by atoms with Crippen molar-refractivity contribution in [2.45, 2.75) is 19.4 Å². The summed E-state index contributed by atoms with van der Waals surface area (Å²) in [5, 5.41) is 6.91. The molecule has 8 heteroatoms. The molecule has 1 unspecified atom stereocenters. The molecule has 0 radical (unpaired) electrons. The summed E-state index contributed by atoms with van der Waals surface area (Å²) < 4.78 is 23.0. The van der Waals surface area contributed by atoms with Crippen LogP contribution in [0.25, 0.3) is 0 Å². The van der Waals surface area contributed by atoms with Gasteiger partial charge in [0.15, 0.2) is 9.84 Å². The van der Waals surface area contributed by atoms with Crippen LogP contribution in [0.3, 0.4) is 0 Å². The zero-order valence-electron chi connectivity index (χ0n) is 12.6. The average Bonchev–Trinajstić information content (AvgIpc) is 2.82. The molecule has 1 saturated heterocycles.